The molecule has 0 spiro atoms. The monoisotopic (exact) mass is 427 g/mol. The van der Waals surface area contributed by atoms with Gasteiger partial charge in [0.1, 0.15) is 6.26 Å². The fraction of sp³-hybridized carbons (Fsp3) is 0.471. The van der Waals surface area contributed by atoms with Crippen LogP contribution in [-0.4, -0.2) is 45.1 Å². The second kappa shape index (κ2) is 6.89. The average molecular weight is 427 g/mol. The highest BCUT2D eigenvalue weighted by molar-refractivity contribution is 7.98. The summed E-state index contributed by atoms with van der Waals surface area (Å²) in [5, 5.41) is 3.35. The summed E-state index contributed by atoms with van der Waals surface area (Å²) in [5.41, 5.74) is 0.495. The molecule has 2 fully saturated rings. The number of nitrogens with one attached hydrogen (secondary N) is 1. The minimum atomic E-state index is -4.53. The van der Waals surface area contributed by atoms with Crippen LogP contribution in [0.4, 0.5) is 13.2 Å². The number of aromatic nitrogens is 2. The van der Waals surface area contributed by atoms with E-state index in [1.165, 1.54) is 24.2 Å². The molecule has 1 saturated heterocycles. The number of oxazole rings is 1. The Labute approximate surface area is 167 Å². The van der Waals surface area contributed by atoms with E-state index >= 15 is 0 Å². The maximum atomic E-state index is 12.9. The van der Waals surface area contributed by atoms with Crippen molar-refractivity contribution in [3.8, 4) is 0 Å². The van der Waals surface area contributed by atoms with E-state index in [0.717, 1.165) is 16.5 Å². The largest absolute Gasteiger partial charge is 0.444 e. The molecule has 0 amide bonds. The Morgan fingerprint density at radius 1 is 1.32 bits per heavy atom. The molecule has 2 aliphatic heterocycles. The molecule has 0 bridgehead atoms. The van der Waals surface area contributed by atoms with E-state index in [-0.39, 0.29) is 18.5 Å². The highest BCUT2D eigenvalue weighted by Crippen LogP contribution is 2.38. The first-order valence-corrected chi connectivity index (χ1v) is 10.6. The van der Waals surface area contributed by atoms with Crippen LogP contribution in [0.25, 0.3) is 5.57 Å². The van der Waals surface area contributed by atoms with Gasteiger partial charge in [-0.3, -0.25) is 9.71 Å². The van der Waals surface area contributed by atoms with Crippen LogP contribution < -0.4 is 4.72 Å². The molecular formula is C17H16F3N5OS2. The Hall–Kier alpha value is -1.85. The van der Waals surface area contributed by atoms with Crippen molar-refractivity contribution < 1.29 is 17.6 Å². The molecule has 2 aromatic heterocycles. The molecule has 148 valence electrons. The van der Waals surface area contributed by atoms with Gasteiger partial charge in [0.25, 0.3) is 0 Å². The van der Waals surface area contributed by atoms with Gasteiger partial charge in [-0.1, -0.05) is 11.9 Å². The standard InChI is InChI=1S/C17H16F3N5OS2/c18-17(19,20)13-8-26-15(23-13)11-6-22-14(16-21-3-4-27-16)25-7-9(5-12(11)25)24-28-10-1-2-10/h3-4,8-10,24H,1-2,5-7H2. The van der Waals surface area contributed by atoms with Gasteiger partial charge in [0, 0.05) is 41.5 Å². The van der Waals surface area contributed by atoms with Gasteiger partial charge in [0.15, 0.2) is 16.5 Å². The number of halogens is 3. The molecule has 2 aromatic rings. The molecule has 0 radical (unpaired) electrons. The zero-order valence-electron chi connectivity index (χ0n) is 14.6. The molecule has 1 N–H and O–H groups in total. The Bertz CT molecular complexity index is 933. The molecule has 1 atom stereocenters. The normalized spacial score (nSPS) is 22.6. The van der Waals surface area contributed by atoms with E-state index in [0.29, 0.717) is 30.1 Å². The number of amidine groups is 1. The quantitative estimate of drug-likeness (QED) is 0.733. The lowest BCUT2D eigenvalue weighted by Crippen LogP contribution is -2.35. The Kier molecular flexibility index (Phi) is 4.48. The zero-order chi connectivity index (χ0) is 19.3. The maximum absolute atomic E-state index is 12.9. The number of aliphatic imine (C=N–C) groups is 1. The van der Waals surface area contributed by atoms with Gasteiger partial charge in [0.05, 0.1) is 12.1 Å². The van der Waals surface area contributed by atoms with Crippen molar-refractivity contribution in [2.24, 2.45) is 4.99 Å². The molecule has 1 aliphatic carbocycles. The van der Waals surface area contributed by atoms with E-state index in [2.05, 4.69) is 19.7 Å². The van der Waals surface area contributed by atoms with E-state index < -0.39 is 11.9 Å². The van der Waals surface area contributed by atoms with E-state index in [1.54, 1.807) is 18.1 Å². The number of thiazole rings is 1. The van der Waals surface area contributed by atoms with Crippen molar-refractivity contribution >= 4 is 34.7 Å². The van der Waals surface area contributed by atoms with Gasteiger partial charge < -0.3 is 9.32 Å². The number of hydrogen-bond donors (Lipinski definition) is 1. The third-order valence-corrected chi connectivity index (χ3v) is 6.80. The second-order valence-corrected chi connectivity index (χ2v) is 8.92. The molecule has 4 heterocycles. The molecule has 28 heavy (non-hydrogen) atoms. The number of nitrogens with zero attached hydrogens (tertiary/aromatic N) is 4. The van der Waals surface area contributed by atoms with E-state index in [4.69, 9.17) is 4.42 Å². The topological polar surface area (TPSA) is 66.6 Å². The molecule has 0 aromatic carbocycles. The van der Waals surface area contributed by atoms with E-state index in [1.807, 2.05) is 10.3 Å². The number of hydrogen-bond acceptors (Lipinski definition) is 8. The van der Waals surface area contributed by atoms with Crippen LogP contribution in [0.2, 0.25) is 0 Å². The van der Waals surface area contributed by atoms with Crippen LogP contribution in [-0.2, 0) is 6.18 Å². The summed E-state index contributed by atoms with van der Waals surface area (Å²) < 4.78 is 47.5. The summed E-state index contributed by atoms with van der Waals surface area (Å²) in [6.45, 7) is 0.908. The molecule has 1 unspecified atom stereocenters. The van der Waals surface area contributed by atoms with E-state index in [9.17, 15) is 13.2 Å². The summed E-state index contributed by atoms with van der Waals surface area (Å²) in [6.07, 6.45) is 0.996. The van der Waals surface area contributed by atoms with Gasteiger partial charge in [-0.15, -0.1) is 11.3 Å². The minimum Gasteiger partial charge on any atom is -0.444 e. The Morgan fingerprint density at radius 3 is 2.86 bits per heavy atom. The predicted molar refractivity (Wildman–Crippen MR) is 101 cm³/mol. The van der Waals surface area contributed by atoms with Crippen LogP contribution in [0.5, 0.6) is 0 Å². The SMILES string of the molecule is FC(F)(F)c1coc(C2=C3CC(NSC4CC4)CN3C(c3nccs3)=NC2)n1. The average Bonchev–Trinajstić information content (AvgIpc) is 3.11. The fourth-order valence-electron chi connectivity index (χ4n) is 3.28. The fourth-order valence-corrected chi connectivity index (χ4v) is 4.84. The molecular weight excluding hydrogens is 411 g/mol. The van der Waals surface area contributed by atoms with Crippen molar-refractivity contribution in [1.29, 1.82) is 0 Å². The van der Waals surface area contributed by atoms with Crippen molar-refractivity contribution in [1.82, 2.24) is 19.6 Å². The summed E-state index contributed by atoms with van der Waals surface area (Å²) in [6, 6.07) is 0.177. The van der Waals surface area contributed by atoms with Crippen LogP contribution in [0, 0.1) is 0 Å². The Balaban J connectivity index is 1.46. The molecule has 11 heteroatoms. The number of alkyl halides is 3. The molecule has 3 aliphatic rings. The van der Waals surface area contributed by atoms with Crippen molar-refractivity contribution in [3.05, 3.63) is 40.1 Å². The number of fused-ring (bicyclic) bond motifs is 1. The van der Waals surface area contributed by atoms with Gasteiger partial charge in [0.2, 0.25) is 5.89 Å². The van der Waals surface area contributed by atoms with Crippen LogP contribution in [0.3, 0.4) is 0 Å². The Morgan fingerprint density at radius 2 is 2.18 bits per heavy atom. The lowest BCUT2D eigenvalue weighted by atomic mass is 10.1. The van der Waals surface area contributed by atoms with Crippen molar-refractivity contribution in [3.63, 3.8) is 0 Å². The third kappa shape index (κ3) is 3.46. The smallest absolute Gasteiger partial charge is 0.436 e. The summed E-state index contributed by atoms with van der Waals surface area (Å²) in [5.74, 6) is 0.752. The second-order valence-electron chi connectivity index (χ2n) is 6.88. The lowest BCUT2D eigenvalue weighted by Gasteiger charge is -2.26. The van der Waals surface area contributed by atoms with Crippen molar-refractivity contribution in [2.45, 2.75) is 36.7 Å². The molecule has 1 saturated carbocycles. The van der Waals surface area contributed by atoms with Gasteiger partial charge in [-0.05, 0) is 12.8 Å². The number of rotatable bonds is 5. The zero-order valence-corrected chi connectivity index (χ0v) is 16.2. The van der Waals surface area contributed by atoms with Crippen molar-refractivity contribution in [2.75, 3.05) is 13.1 Å². The van der Waals surface area contributed by atoms with Crippen LogP contribution in [0.1, 0.15) is 35.9 Å². The summed E-state index contributed by atoms with van der Waals surface area (Å²) >= 11 is 3.24. The molecule has 6 nitrogen and oxygen atoms in total. The summed E-state index contributed by atoms with van der Waals surface area (Å²) in [7, 11) is 0. The highest BCUT2D eigenvalue weighted by atomic mass is 32.2. The minimum absolute atomic E-state index is 0.00948. The van der Waals surface area contributed by atoms with Crippen LogP contribution in [0.15, 0.2) is 32.9 Å². The first-order chi connectivity index (χ1) is 13.5. The maximum Gasteiger partial charge on any atom is 0.436 e. The van der Waals surface area contributed by atoms with Gasteiger partial charge in [-0.25, -0.2) is 9.97 Å². The first kappa shape index (κ1) is 18.2. The van der Waals surface area contributed by atoms with Crippen LogP contribution >= 0.6 is 23.3 Å². The summed E-state index contributed by atoms with van der Waals surface area (Å²) in [4.78, 5) is 14.7. The lowest BCUT2D eigenvalue weighted by molar-refractivity contribution is -0.141. The first-order valence-electron chi connectivity index (χ1n) is 8.87. The molecule has 5 rings (SSSR count). The van der Waals surface area contributed by atoms with Gasteiger partial charge in [-0.2, -0.15) is 13.2 Å². The van der Waals surface area contributed by atoms with Gasteiger partial charge >= 0.3 is 6.18 Å². The predicted octanol–water partition coefficient (Wildman–Crippen LogP) is 3.80. The highest BCUT2D eigenvalue weighted by Gasteiger charge is 2.39. The third-order valence-electron chi connectivity index (χ3n) is 4.76.